The van der Waals surface area contributed by atoms with Crippen molar-refractivity contribution in [1.82, 2.24) is 5.32 Å². The zero-order valence-electron chi connectivity index (χ0n) is 12.8. The molecule has 0 aliphatic carbocycles. The maximum Gasteiger partial charge on any atom is 0.411 e. The van der Waals surface area contributed by atoms with Crippen molar-refractivity contribution in [2.75, 3.05) is 20.3 Å². The highest BCUT2D eigenvalue weighted by molar-refractivity contribution is 5.25. The summed E-state index contributed by atoms with van der Waals surface area (Å²) in [6.07, 6.45) is -2.91. The number of alkyl halides is 3. The van der Waals surface area contributed by atoms with Crippen molar-refractivity contribution in [2.24, 2.45) is 0 Å². The summed E-state index contributed by atoms with van der Waals surface area (Å²) >= 11 is 0. The Morgan fingerprint density at radius 3 is 2.24 bits per heavy atom. The summed E-state index contributed by atoms with van der Waals surface area (Å²) in [5, 5.41) is 3.12. The van der Waals surface area contributed by atoms with E-state index in [1.54, 1.807) is 0 Å². The third-order valence-corrected chi connectivity index (χ3v) is 3.41. The SMILES string of the molecule is CNC(CCOCC(F)(F)F)Cc1ccc(C(C)C)cc1. The van der Waals surface area contributed by atoms with Crippen LogP contribution in [0, 0.1) is 0 Å². The van der Waals surface area contributed by atoms with Crippen molar-refractivity contribution in [2.45, 2.75) is 44.8 Å². The summed E-state index contributed by atoms with van der Waals surface area (Å²) in [7, 11) is 1.82. The molecule has 0 aliphatic rings. The molecule has 0 saturated heterocycles. The van der Waals surface area contributed by atoms with E-state index in [9.17, 15) is 13.2 Å². The lowest BCUT2D eigenvalue weighted by atomic mass is 9.98. The molecule has 0 bridgehead atoms. The molecule has 0 spiro atoms. The maximum atomic E-state index is 12.0. The van der Waals surface area contributed by atoms with Crippen molar-refractivity contribution in [3.05, 3.63) is 35.4 Å². The molecular formula is C16H24F3NO. The van der Waals surface area contributed by atoms with Gasteiger partial charge < -0.3 is 10.1 Å². The minimum absolute atomic E-state index is 0.106. The summed E-state index contributed by atoms with van der Waals surface area (Å²) in [4.78, 5) is 0. The van der Waals surface area contributed by atoms with Gasteiger partial charge in [-0.1, -0.05) is 38.1 Å². The number of nitrogens with one attached hydrogen (secondary N) is 1. The van der Waals surface area contributed by atoms with Crippen molar-refractivity contribution < 1.29 is 17.9 Å². The fraction of sp³-hybridized carbons (Fsp3) is 0.625. The second kappa shape index (κ2) is 8.39. The second-order valence-corrected chi connectivity index (χ2v) is 5.54. The number of rotatable bonds is 8. The summed E-state index contributed by atoms with van der Waals surface area (Å²) in [5.74, 6) is 0.495. The number of halogens is 3. The van der Waals surface area contributed by atoms with Crippen LogP contribution in [-0.4, -0.2) is 32.5 Å². The third-order valence-electron chi connectivity index (χ3n) is 3.41. The normalized spacial score (nSPS) is 13.7. The van der Waals surface area contributed by atoms with Gasteiger partial charge in [-0.15, -0.1) is 0 Å². The predicted molar refractivity (Wildman–Crippen MR) is 78.6 cm³/mol. The molecule has 1 aromatic carbocycles. The fourth-order valence-electron chi connectivity index (χ4n) is 2.09. The molecule has 1 N–H and O–H groups in total. The van der Waals surface area contributed by atoms with Gasteiger partial charge in [-0.3, -0.25) is 0 Å². The molecule has 1 rings (SSSR count). The first kappa shape index (κ1) is 18.0. The van der Waals surface area contributed by atoms with E-state index < -0.39 is 12.8 Å². The fourth-order valence-corrected chi connectivity index (χ4v) is 2.09. The first-order valence-corrected chi connectivity index (χ1v) is 7.22. The highest BCUT2D eigenvalue weighted by Gasteiger charge is 2.27. The Balaban J connectivity index is 2.39. The average molecular weight is 303 g/mol. The van der Waals surface area contributed by atoms with E-state index in [1.807, 2.05) is 7.05 Å². The van der Waals surface area contributed by atoms with Gasteiger partial charge >= 0.3 is 6.18 Å². The molecule has 0 saturated carbocycles. The Hall–Kier alpha value is -1.07. The van der Waals surface area contributed by atoms with Crippen LogP contribution >= 0.6 is 0 Å². The van der Waals surface area contributed by atoms with E-state index >= 15 is 0 Å². The van der Waals surface area contributed by atoms with Crippen LogP contribution in [0.15, 0.2) is 24.3 Å². The van der Waals surface area contributed by atoms with E-state index in [2.05, 4.69) is 48.2 Å². The summed E-state index contributed by atoms with van der Waals surface area (Å²) in [6.45, 7) is 3.22. The van der Waals surface area contributed by atoms with E-state index in [0.717, 1.165) is 6.42 Å². The van der Waals surface area contributed by atoms with E-state index in [0.29, 0.717) is 12.3 Å². The molecule has 1 unspecified atom stereocenters. The van der Waals surface area contributed by atoms with Crippen LogP contribution in [0.25, 0.3) is 0 Å². The molecule has 21 heavy (non-hydrogen) atoms. The molecule has 1 atom stereocenters. The lowest BCUT2D eigenvalue weighted by molar-refractivity contribution is -0.174. The number of hydrogen-bond donors (Lipinski definition) is 1. The average Bonchev–Trinajstić information content (AvgIpc) is 2.41. The Morgan fingerprint density at radius 2 is 1.76 bits per heavy atom. The van der Waals surface area contributed by atoms with Crippen LogP contribution in [0.5, 0.6) is 0 Å². The molecule has 0 heterocycles. The minimum Gasteiger partial charge on any atom is -0.372 e. The molecule has 0 aliphatic heterocycles. The lowest BCUT2D eigenvalue weighted by Crippen LogP contribution is -2.29. The number of ether oxygens (including phenoxy) is 1. The van der Waals surface area contributed by atoms with Crippen molar-refractivity contribution in [1.29, 1.82) is 0 Å². The van der Waals surface area contributed by atoms with Gasteiger partial charge in [-0.25, -0.2) is 0 Å². The Labute approximate surface area is 124 Å². The van der Waals surface area contributed by atoms with Gasteiger partial charge in [0.2, 0.25) is 0 Å². The molecule has 120 valence electrons. The van der Waals surface area contributed by atoms with Gasteiger partial charge in [-0.05, 0) is 36.9 Å². The van der Waals surface area contributed by atoms with Gasteiger partial charge in [0.1, 0.15) is 6.61 Å². The predicted octanol–water partition coefficient (Wildman–Crippen LogP) is 3.91. The van der Waals surface area contributed by atoms with Gasteiger partial charge in [-0.2, -0.15) is 13.2 Å². The smallest absolute Gasteiger partial charge is 0.372 e. The summed E-state index contributed by atoms with van der Waals surface area (Å²) in [5.41, 5.74) is 2.46. The number of benzene rings is 1. The van der Waals surface area contributed by atoms with Crippen molar-refractivity contribution >= 4 is 0 Å². The Morgan fingerprint density at radius 1 is 1.14 bits per heavy atom. The molecule has 0 aromatic heterocycles. The molecule has 2 nitrogen and oxygen atoms in total. The first-order chi connectivity index (χ1) is 9.81. The number of hydrogen-bond acceptors (Lipinski definition) is 2. The van der Waals surface area contributed by atoms with Crippen LogP contribution in [0.3, 0.4) is 0 Å². The summed E-state index contributed by atoms with van der Waals surface area (Å²) in [6, 6.07) is 8.48. The van der Waals surface area contributed by atoms with E-state index in [4.69, 9.17) is 0 Å². The monoisotopic (exact) mass is 303 g/mol. The Kier molecular flexibility index (Phi) is 7.18. The van der Waals surface area contributed by atoms with Crippen LogP contribution < -0.4 is 5.32 Å². The lowest BCUT2D eigenvalue weighted by Gasteiger charge is -2.17. The molecule has 0 radical (unpaired) electrons. The van der Waals surface area contributed by atoms with Crippen molar-refractivity contribution in [3.8, 4) is 0 Å². The molecule has 1 aromatic rings. The quantitative estimate of drug-likeness (QED) is 0.735. The zero-order valence-corrected chi connectivity index (χ0v) is 12.8. The van der Waals surface area contributed by atoms with E-state index in [-0.39, 0.29) is 12.6 Å². The highest BCUT2D eigenvalue weighted by Crippen LogP contribution is 2.17. The van der Waals surface area contributed by atoms with Gasteiger partial charge in [0.15, 0.2) is 0 Å². The van der Waals surface area contributed by atoms with Crippen LogP contribution in [-0.2, 0) is 11.2 Å². The standard InChI is InChI=1S/C16H24F3NO/c1-12(2)14-6-4-13(5-7-14)10-15(20-3)8-9-21-11-16(17,18)19/h4-7,12,15,20H,8-11H2,1-3H3. The van der Waals surface area contributed by atoms with Gasteiger partial charge in [0, 0.05) is 12.6 Å². The Bertz CT molecular complexity index is 401. The number of likely N-dealkylation sites (N-methyl/N-ethyl adjacent to an activating group) is 1. The minimum atomic E-state index is -4.25. The van der Waals surface area contributed by atoms with Crippen LogP contribution in [0.2, 0.25) is 0 Å². The van der Waals surface area contributed by atoms with Crippen LogP contribution in [0.1, 0.15) is 37.3 Å². The van der Waals surface area contributed by atoms with E-state index in [1.165, 1.54) is 11.1 Å². The molecule has 5 heteroatoms. The van der Waals surface area contributed by atoms with Crippen molar-refractivity contribution in [3.63, 3.8) is 0 Å². The third kappa shape index (κ3) is 7.48. The molecule has 0 fully saturated rings. The highest BCUT2D eigenvalue weighted by atomic mass is 19.4. The summed E-state index contributed by atoms with van der Waals surface area (Å²) < 4.78 is 40.6. The van der Waals surface area contributed by atoms with Gasteiger partial charge in [0.25, 0.3) is 0 Å². The zero-order chi connectivity index (χ0) is 15.9. The molecular weight excluding hydrogens is 279 g/mol. The maximum absolute atomic E-state index is 12.0. The molecule has 0 amide bonds. The van der Waals surface area contributed by atoms with Gasteiger partial charge in [0.05, 0.1) is 0 Å². The largest absolute Gasteiger partial charge is 0.411 e. The second-order valence-electron chi connectivity index (χ2n) is 5.54. The first-order valence-electron chi connectivity index (χ1n) is 7.22. The van der Waals surface area contributed by atoms with Crippen LogP contribution in [0.4, 0.5) is 13.2 Å². The topological polar surface area (TPSA) is 21.3 Å².